The van der Waals surface area contributed by atoms with Crippen LogP contribution in [0.3, 0.4) is 0 Å². The van der Waals surface area contributed by atoms with Gasteiger partial charge in [-0.25, -0.2) is 0 Å². The van der Waals surface area contributed by atoms with Crippen LogP contribution in [-0.4, -0.2) is 37.9 Å². The van der Waals surface area contributed by atoms with Gasteiger partial charge in [0, 0.05) is 29.3 Å². The molecule has 0 unspecified atom stereocenters. The zero-order valence-electron chi connectivity index (χ0n) is 13.4. The minimum Gasteiger partial charge on any atom is -0.492 e. The quantitative estimate of drug-likeness (QED) is 0.698. The molecule has 25 heavy (non-hydrogen) atoms. The fourth-order valence-electron chi connectivity index (χ4n) is 2.50. The minimum atomic E-state index is 0.578. The number of thioether (sulfide) groups is 1. The van der Waals surface area contributed by atoms with Crippen molar-refractivity contribution in [1.82, 2.24) is 19.9 Å². The highest BCUT2D eigenvalue weighted by molar-refractivity contribution is 7.99. The molecule has 3 aromatic rings. The number of benzene rings is 1. The molecule has 0 aliphatic carbocycles. The summed E-state index contributed by atoms with van der Waals surface area (Å²) in [4.78, 5) is 4.14. The molecule has 0 amide bonds. The maximum Gasteiger partial charge on any atom is 0.212 e. The molecule has 0 saturated heterocycles. The maximum absolute atomic E-state index is 6.31. The SMILES string of the molecule is CCOc1ccc(C2=Nn3c(nnc3-c3cccnc3)SC2)cc1Cl. The van der Waals surface area contributed by atoms with E-state index in [2.05, 4.69) is 15.2 Å². The average molecular weight is 372 g/mol. The molecule has 0 radical (unpaired) electrons. The zero-order valence-corrected chi connectivity index (χ0v) is 15.0. The molecule has 126 valence electrons. The van der Waals surface area contributed by atoms with E-state index in [0.717, 1.165) is 22.0 Å². The Labute approximate surface area is 153 Å². The average Bonchev–Trinajstić information content (AvgIpc) is 3.07. The van der Waals surface area contributed by atoms with Crippen LogP contribution in [0.1, 0.15) is 12.5 Å². The van der Waals surface area contributed by atoms with E-state index in [4.69, 9.17) is 21.4 Å². The van der Waals surface area contributed by atoms with Crippen LogP contribution in [-0.2, 0) is 0 Å². The Balaban J connectivity index is 1.73. The van der Waals surface area contributed by atoms with E-state index in [0.29, 0.717) is 29.0 Å². The third-order valence-corrected chi connectivity index (χ3v) is 4.88. The number of aromatic nitrogens is 4. The summed E-state index contributed by atoms with van der Waals surface area (Å²) in [7, 11) is 0. The van der Waals surface area contributed by atoms with E-state index in [1.54, 1.807) is 28.8 Å². The summed E-state index contributed by atoms with van der Waals surface area (Å²) in [6.45, 7) is 2.51. The Hall–Kier alpha value is -2.38. The minimum absolute atomic E-state index is 0.578. The molecular formula is C17H14ClN5OS. The number of fused-ring (bicyclic) bond motifs is 1. The van der Waals surface area contributed by atoms with Gasteiger partial charge in [-0.1, -0.05) is 23.4 Å². The molecular weight excluding hydrogens is 358 g/mol. The van der Waals surface area contributed by atoms with Crippen molar-refractivity contribution in [2.24, 2.45) is 5.10 Å². The third kappa shape index (κ3) is 3.12. The van der Waals surface area contributed by atoms with Crippen LogP contribution in [0.4, 0.5) is 0 Å². The lowest BCUT2D eigenvalue weighted by Gasteiger charge is -2.15. The van der Waals surface area contributed by atoms with Crippen molar-refractivity contribution < 1.29 is 4.74 Å². The van der Waals surface area contributed by atoms with Crippen molar-refractivity contribution in [3.05, 3.63) is 53.3 Å². The number of ether oxygens (including phenoxy) is 1. The first-order valence-corrected chi connectivity index (χ1v) is 9.12. The van der Waals surface area contributed by atoms with Crippen molar-refractivity contribution >= 4 is 29.1 Å². The molecule has 3 heterocycles. The van der Waals surface area contributed by atoms with Gasteiger partial charge in [0.1, 0.15) is 5.75 Å². The fraction of sp³-hybridized carbons (Fsp3) is 0.176. The second-order valence-electron chi connectivity index (χ2n) is 5.27. The molecule has 1 aromatic carbocycles. The lowest BCUT2D eigenvalue weighted by Crippen LogP contribution is -2.14. The van der Waals surface area contributed by atoms with Crippen molar-refractivity contribution in [3.63, 3.8) is 0 Å². The second kappa shape index (κ2) is 6.85. The third-order valence-electron chi connectivity index (χ3n) is 3.66. The van der Waals surface area contributed by atoms with Gasteiger partial charge in [-0.2, -0.15) is 9.78 Å². The largest absolute Gasteiger partial charge is 0.492 e. The van der Waals surface area contributed by atoms with Gasteiger partial charge in [0.05, 0.1) is 17.3 Å². The summed E-state index contributed by atoms with van der Waals surface area (Å²) < 4.78 is 7.25. The van der Waals surface area contributed by atoms with Gasteiger partial charge >= 0.3 is 0 Å². The lowest BCUT2D eigenvalue weighted by molar-refractivity contribution is 0.340. The van der Waals surface area contributed by atoms with Crippen LogP contribution in [0.15, 0.2) is 53.0 Å². The Kier molecular flexibility index (Phi) is 4.42. The Morgan fingerprint density at radius 1 is 1.24 bits per heavy atom. The molecule has 2 aromatic heterocycles. The highest BCUT2D eigenvalue weighted by Gasteiger charge is 2.21. The number of hydrogen-bond acceptors (Lipinski definition) is 6. The predicted octanol–water partition coefficient (Wildman–Crippen LogP) is 3.75. The first-order chi connectivity index (χ1) is 12.3. The summed E-state index contributed by atoms with van der Waals surface area (Å²) >= 11 is 7.90. The first-order valence-electron chi connectivity index (χ1n) is 7.75. The Morgan fingerprint density at radius 2 is 2.16 bits per heavy atom. The van der Waals surface area contributed by atoms with Crippen LogP contribution in [0.25, 0.3) is 11.4 Å². The zero-order chi connectivity index (χ0) is 17.2. The standard InChI is InChI=1S/C17H14ClN5OS/c1-2-24-15-6-5-11(8-13(15)18)14-10-25-17-21-20-16(23(17)22-14)12-4-3-7-19-9-12/h3-9H,2,10H2,1H3. The van der Waals surface area contributed by atoms with Crippen molar-refractivity contribution in [3.8, 4) is 17.1 Å². The van der Waals surface area contributed by atoms with Crippen LogP contribution in [0, 0.1) is 0 Å². The monoisotopic (exact) mass is 371 g/mol. The fourth-order valence-corrected chi connectivity index (χ4v) is 3.57. The van der Waals surface area contributed by atoms with E-state index < -0.39 is 0 Å². The predicted molar refractivity (Wildman–Crippen MR) is 98.5 cm³/mol. The van der Waals surface area contributed by atoms with E-state index in [-0.39, 0.29) is 0 Å². The van der Waals surface area contributed by atoms with Crippen LogP contribution >= 0.6 is 23.4 Å². The van der Waals surface area contributed by atoms with Gasteiger partial charge in [0.2, 0.25) is 5.16 Å². The summed E-state index contributed by atoms with van der Waals surface area (Å²) in [5.74, 6) is 2.05. The molecule has 0 N–H and O–H groups in total. The summed E-state index contributed by atoms with van der Waals surface area (Å²) in [5, 5.41) is 14.5. The van der Waals surface area contributed by atoms with Gasteiger partial charge < -0.3 is 4.74 Å². The number of halogens is 1. The number of nitrogens with zero attached hydrogens (tertiary/aromatic N) is 5. The molecule has 6 nitrogen and oxygen atoms in total. The normalized spacial score (nSPS) is 13.3. The molecule has 4 rings (SSSR count). The van der Waals surface area contributed by atoms with Gasteiger partial charge in [-0.15, -0.1) is 10.2 Å². The molecule has 1 aliphatic heterocycles. The lowest BCUT2D eigenvalue weighted by atomic mass is 10.1. The highest BCUT2D eigenvalue weighted by atomic mass is 35.5. The van der Waals surface area contributed by atoms with E-state index in [1.807, 2.05) is 37.3 Å². The number of rotatable bonds is 4. The molecule has 0 bridgehead atoms. The van der Waals surface area contributed by atoms with Crippen LogP contribution in [0.5, 0.6) is 5.75 Å². The number of hydrogen-bond donors (Lipinski definition) is 0. The van der Waals surface area contributed by atoms with Crippen molar-refractivity contribution in [1.29, 1.82) is 0 Å². The molecule has 0 fully saturated rings. The Morgan fingerprint density at radius 3 is 2.92 bits per heavy atom. The van der Waals surface area contributed by atoms with Gasteiger partial charge in [-0.05, 0) is 37.3 Å². The van der Waals surface area contributed by atoms with Gasteiger partial charge in [-0.3, -0.25) is 4.98 Å². The molecule has 0 atom stereocenters. The molecule has 8 heteroatoms. The summed E-state index contributed by atoms with van der Waals surface area (Å²) in [6, 6.07) is 9.52. The molecule has 1 aliphatic rings. The van der Waals surface area contributed by atoms with E-state index >= 15 is 0 Å². The van der Waals surface area contributed by atoms with Gasteiger partial charge in [0.15, 0.2) is 5.82 Å². The van der Waals surface area contributed by atoms with Crippen molar-refractivity contribution in [2.45, 2.75) is 12.1 Å². The number of pyridine rings is 1. The van der Waals surface area contributed by atoms with Gasteiger partial charge in [0.25, 0.3) is 0 Å². The van der Waals surface area contributed by atoms with Crippen molar-refractivity contribution in [2.75, 3.05) is 12.4 Å². The molecule has 0 spiro atoms. The first kappa shape index (κ1) is 16.1. The Bertz CT molecular complexity index is 941. The summed E-state index contributed by atoms with van der Waals surface area (Å²) in [6.07, 6.45) is 3.47. The summed E-state index contributed by atoms with van der Waals surface area (Å²) in [5.41, 5.74) is 2.74. The topological polar surface area (TPSA) is 65.2 Å². The van der Waals surface area contributed by atoms with E-state index in [9.17, 15) is 0 Å². The second-order valence-corrected chi connectivity index (χ2v) is 6.62. The van der Waals surface area contributed by atoms with Crippen LogP contribution in [0.2, 0.25) is 5.02 Å². The smallest absolute Gasteiger partial charge is 0.212 e. The maximum atomic E-state index is 6.31. The highest BCUT2D eigenvalue weighted by Crippen LogP contribution is 2.30. The van der Waals surface area contributed by atoms with Crippen LogP contribution < -0.4 is 4.74 Å². The van der Waals surface area contributed by atoms with E-state index in [1.165, 1.54) is 0 Å². The molecule has 0 saturated carbocycles.